The third-order valence-corrected chi connectivity index (χ3v) is 3.88. The molecule has 0 radical (unpaired) electrons. The van der Waals surface area contributed by atoms with E-state index in [1.54, 1.807) is 7.05 Å². The van der Waals surface area contributed by atoms with Gasteiger partial charge in [-0.3, -0.25) is 4.99 Å². The van der Waals surface area contributed by atoms with Crippen LogP contribution in [0, 0.1) is 0 Å². The fourth-order valence-corrected chi connectivity index (χ4v) is 2.56. The van der Waals surface area contributed by atoms with Gasteiger partial charge in [0.05, 0.1) is 26.4 Å². The molecular weight excluding hydrogens is 457 g/mol. The summed E-state index contributed by atoms with van der Waals surface area (Å²) in [6.45, 7) is 3.22. The Morgan fingerprint density at radius 3 is 2.63 bits per heavy atom. The normalized spacial score (nSPS) is 13.3. The Morgan fingerprint density at radius 1 is 1.07 bits per heavy atom. The number of nitrogens with zero attached hydrogens (tertiary/aromatic N) is 1. The van der Waals surface area contributed by atoms with E-state index in [0.29, 0.717) is 38.9 Å². The van der Waals surface area contributed by atoms with Crippen molar-refractivity contribution in [2.45, 2.75) is 13.0 Å². The van der Waals surface area contributed by atoms with Crippen molar-refractivity contribution in [1.82, 2.24) is 5.32 Å². The molecule has 0 aliphatic carbocycles. The summed E-state index contributed by atoms with van der Waals surface area (Å²) >= 11 is 0. The van der Waals surface area contributed by atoms with Crippen LogP contribution in [0.25, 0.3) is 0 Å². The lowest BCUT2D eigenvalue weighted by molar-refractivity contribution is 0.125. The van der Waals surface area contributed by atoms with Gasteiger partial charge in [-0.25, -0.2) is 0 Å². The molecule has 7 heteroatoms. The van der Waals surface area contributed by atoms with Crippen LogP contribution >= 0.6 is 24.0 Å². The maximum atomic E-state index is 5.71. The smallest absolute Gasteiger partial charge is 0.195 e. The van der Waals surface area contributed by atoms with Gasteiger partial charge in [0.2, 0.25) is 0 Å². The number of ether oxygens (including phenoxy) is 3. The van der Waals surface area contributed by atoms with E-state index in [2.05, 4.69) is 27.8 Å². The quantitative estimate of drug-likeness (QED) is 0.284. The molecule has 1 aliphatic heterocycles. The first-order chi connectivity index (χ1) is 12.8. The molecule has 0 unspecified atom stereocenters. The molecule has 0 aromatic heterocycles. The van der Waals surface area contributed by atoms with Crippen LogP contribution in [0.3, 0.4) is 0 Å². The maximum Gasteiger partial charge on any atom is 0.195 e. The van der Waals surface area contributed by atoms with Gasteiger partial charge >= 0.3 is 0 Å². The number of guanidine groups is 1. The molecule has 0 amide bonds. The zero-order valence-corrected chi connectivity index (χ0v) is 17.8. The molecule has 2 aromatic rings. The van der Waals surface area contributed by atoms with Gasteiger partial charge in [0.25, 0.3) is 0 Å². The number of hydrogen-bond acceptors (Lipinski definition) is 4. The molecule has 3 rings (SSSR count). The van der Waals surface area contributed by atoms with E-state index in [4.69, 9.17) is 14.2 Å². The standard InChI is InChI=1S/C20H25N3O3.HI/c1-21-20(22-10-13-24-15-16-6-3-2-4-7-16)23-17-8-9-18-19(14-17)26-12-5-11-25-18;/h2-4,6-9,14H,5,10-13,15H2,1H3,(H2,21,22,23);1H. The topological polar surface area (TPSA) is 64.1 Å². The lowest BCUT2D eigenvalue weighted by atomic mass is 10.2. The van der Waals surface area contributed by atoms with Crippen molar-refractivity contribution in [3.63, 3.8) is 0 Å². The van der Waals surface area contributed by atoms with Crippen LogP contribution in [-0.4, -0.2) is 39.4 Å². The Balaban J connectivity index is 0.00000261. The minimum absolute atomic E-state index is 0. The monoisotopic (exact) mass is 483 g/mol. The van der Waals surface area contributed by atoms with E-state index in [9.17, 15) is 0 Å². The van der Waals surface area contributed by atoms with Crippen LogP contribution < -0.4 is 20.1 Å². The first kappa shape index (κ1) is 21.3. The maximum absolute atomic E-state index is 5.71. The summed E-state index contributed by atoms with van der Waals surface area (Å²) < 4.78 is 17.0. The van der Waals surface area contributed by atoms with Crippen molar-refractivity contribution in [3.8, 4) is 11.5 Å². The summed E-state index contributed by atoms with van der Waals surface area (Å²) in [5.41, 5.74) is 2.06. The summed E-state index contributed by atoms with van der Waals surface area (Å²) in [5.74, 6) is 2.22. The molecule has 146 valence electrons. The molecule has 6 nitrogen and oxygen atoms in total. The summed E-state index contributed by atoms with van der Waals surface area (Å²) in [5, 5.41) is 6.49. The first-order valence-electron chi connectivity index (χ1n) is 8.84. The van der Waals surface area contributed by atoms with Gasteiger partial charge in [-0.2, -0.15) is 0 Å². The van der Waals surface area contributed by atoms with Gasteiger partial charge in [-0.05, 0) is 17.7 Å². The fraction of sp³-hybridized carbons (Fsp3) is 0.350. The molecule has 27 heavy (non-hydrogen) atoms. The Hall–Kier alpha value is -2.00. The first-order valence-corrected chi connectivity index (χ1v) is 8.84. The number of anilines is 1. The van der Waals surface area contributed by atoms with Gasteiger partial charge in [0, 0.05) is 31.8 Å². The van der Waals surface area contributed by atoms with Crippen LogP contribution in [-0.2, 0) is 11.3 Å². The Morgan fingerprint density at radius 2 is 1.85 bits per heavy atom. The van der Waals surface area contributed by atoms with Crippen molar-refractivity contribution in [2.75, 3.05) is 38.7 Å². The van der Waals surface area contributed by atoms with E-state index in [-0.39, 0.29) is 24.0 Å². The molecule has 1 heterocycles. The number of aliphatic imine (C=N–C) groups is 1. The molecule has 0 fully saturated rings. The number of halogens is 1. The van der Waals surface area contributed by atoms with E-state index in [0.717, 1.165) is 23.6 Å². The molecule has 0 spiro atoms. The average Bonchev–Trinajstić information content (AvgIpc) is 2.92. The Kier molecular flexibility index (Phi) is 9.20. The number of benzene rings is 2. The minimum Gasteiger partial charge on any atom is -0.490 e. The van der Waals surface area contributed by atoms with Crippen LogP contribution in [0.2, 0.25) is 0 Å². The number of hydrogen-bond donors (Lipinski definition) is 2. The van der Waals surface area contributed by atoms with Gasteiger partial charge in [-0.15, -0.1) is 24.0 Å². The van der Waals surface area contributed by atoms with Gasteiger partial charge in [0.15, 0.2) is 17.5 Å². The van der Waals surface area contributed by atoms with Crippen molar-refractivity contribution in [2.24, 2.45) is 4.99 Å². The van der Waals surface area contributed by atoms with Crippen LogP contribution in [0.5, 0.6) is 11.5 Å². The molecule has 1 aliphatic rings. The fourth-order valence-electron chi connectivity index (χ4n) is 2.56. The van der Waals surface area contributed by atoms with Gasteiger partial charge < -0.3 is 24.8 Å². The predicted octanol–water partition coefficient (Wildman–Crippen LogP) is 3.67. The van der Waals surface area contributed by atoms with E-state index >= 15 is 0 Å². The SMILES string of the molecule is CN=C(NCCOCc1ccccc1)Nc1ccc2c(c1)OCCCO2.I. The molecule has 2 aromatic carbocycles. The zero-order valence-electron chi connectivity index (χ0n) is 15.4. The molecule has 0 saturated carbocycles. The zero-order chi connectivity index (χ0) is 18.0. The molecular formula is C20H26IN3O3. The van der Waals surface area contributed by atoms with Crippen molar-refractivity contribution in [1.29, 1.82) is 0 Å². The highest BCUT2D eigenvalue weighted by atomic mass is 127. The second-order valence-electron chi connectivity index (χ2n) is 5.87. The van der Waals surface area contributed by atoms with Crippen molar-refractivity contribution >= 4 is 35.6 Å². The molecule has 0 atom stereocenters. The predicted molar refractivity (Wildman–Crippen MR) is 119 cm³/mol. The van der Waals surface area contributed by atoms with E-state index in [1.807, 2.05) is 36.4 Å². The van der Waals surface area contributed by atoms with Gasteiger partial charge in [-0.1, -0.05) is 30.3 Å². The van der Waals surface area contributed by atoms with Crippen molar-refractivity contribution in [3.05, 3.63) is 54.1 Å². The summed E-state index contributed by atoms with van der Waals surface area (Å²) in [6.07, 6.45) is 0.893. The van der Waals surface area contributed by atoms with Crippen molar-refractivity contribution < 1.29 is 14.2 Å². The van der Waals surface area contributed by atoms with Gasteiger partial charge in [0.1, 0.15) is 0 Å². The second kappa shape index (κ2) is 11.7. The second-order valence-corrected chi connectivity index (χ2v) is 5.87. The summed E-state index contributed by atoms with van der Waals surface area (Å²) in [4.78, 5) is 4.24. The minimum atomic E-state index is 0. The Bertz CT molecular complexity index is 726. The highest BCUT2D eigenvalue weighted by molar-refractivity contribution is 14.0. The van der Waals surface area contributed by atoms with E-state index < -0.39 is 0 Å². The third kappa shape index (κ3) is 6.91. The Labute approximate surface area is 177 Å². The lowest BCUT2D eigenvalue weighted by Crippen LogP contribution is -2.33. The summed E-state index contributed by atoms with van der Waals surface area (Å²) in [7, 11) is 1.74. The molecule has 0 bridgehead atoms. The third-order valence-electron chi connectivity index (χ3n) is 3.88. The molecule has 2 N–H and O–H groups in total. The largest absolute Gasteiger partial charge is 0.490 e. The van der Waals surface area contributed by atoms with Crippen LogP contribution in [0.1, 0.15) is 12.0 Å². The number of fused-ring (bicyclic) bond motifs is 1. The molecule has 0 saturated heterocycles. The lowest BCUT2D eigenvalue weighted by Gasteiger charge is -2.14. The van der Waals surface area contributed by atoms with E-state index in [1.165, 1.54) is 5.56 Å². The summed E-state index contributed by atoms with van der Waals surface area (Å²) in [6, 6.07) is 15.9. The number of nitrogens with one attached hydrogen (secondary N) is 2. The number of rotatable bonds is 6. The highest BCUT2D eigenvalue weighted by Crippen LogP contribution is 2.32. The van der Waals surface area contributed by atoms with Crippen LogP contribution in [0.4, 0.5) is 5.69 Å². The highest BCUT2D eigenvalue weighted by Gasteiger charge is 2.11. The average molecular weight is 483 g/mol. The van der Waals surface area contributed by atoms with Crippen LogP contribution in [0.15, 0.2) is 53.5 Å².